The molecule has 94 valence electrons. The molecule has 18 heavy (non-hydrogen) atoms. The van der Waals surface area contributed by atoms with Gasteiger partial charge in [-0.1, -0.05) is 0 Å². The molecule has 2 aromatic rings. The summed E-state index contributed by atoms with van der Waals surface area (Å²) in [5.41, 5.74) is -0.503. The number of rotatable bonds is 3. The number of ether oxygens (including phenoxy) is 1. The third kappa shape index (κ3) is 1.53. The number of pyridine rings is 1. The van der Waals surface area contributed by atoms with Gasteiger partial charge in [-0.05, 0) is 18.9 Å². The molecule has 0 aromatic carbocycles. The predicted octanol–water partition coefficient (Wildman–Crippen LogP) is 2.00. The van der Waals surface area contributed by atoms with Crippen molar-refractivity contribution in [1.82, 2.24) is 9.38 Å². The summed E-state index contributed by atoms with van der Waals surface area (Å²) in [6, 6.07) is 1.38. The molecule has 0 bridgehead atoms. The number of imidazole rings is 1. The Morgan fingerprint density at radius 2 is 2.28 bits per heavy atom. The molecule has 1 saturated carbocycles. The third-order valence-corrected chi connectivity index (χ3v) is 3.13. The molecule has 3 rings (SSSR count). The van der Waals surface area contributed by atoms with Gasteiger partial charge in [-0.3, -0.25) is 0 Å². The number of alkyl halides is 1. The molecule has 0 amide bonds. The molecular weight excluding hydrogens is 239 g/mol. The molecule has 1 aliphatic rings. The fraction of sp³-hybridized carbons (Fsp3) is 0.333. The summed E-state index contributed by atoms with van der Waals surface area (Å²) in [6.45, 7) is 0. The van der Waals surface area contributed by atoms with Gasteiger partial charge in [-0.25, -0.2) is 14.2 Å². The maximum absolute atomic E-state index is 13.9. The predicted molar refractivity (Wildman–Crippen MR) is 60.7 cm³/mol. The standard InChI is InChI=1S/C12H11FN2O3/c1-18-8-4-7(11(16)17)5-15-6-9(14-10(8)15)12(13)2-3-12/h4-6H,2-3H2,1H3,(H,16,17). The summed E-state index contributed by atoms with van der Waals surface area (Å²) in [7, 11) is 1.43. The topological polar surface area (TPSA) is 63.8 Å². The van der Waals surface area contributed by atoms with E-state index in [0.717, 1.165) is 0 Å². The van der Waals surface area contributed by atoms with E-state index in [2.05, 4.69) is 4.98 Å². The van der Waals surface area contributed by atoms with Crippen LogP contribution in [0.25, 0.3) is 5.65 Å². The first-order chi connectivity index (χ1) is 8.53. The quantitative estimate of drug-likeness (QED) is 0.904. The number of aromatic nitrogens is 2. The van der Waals surface area contributed by atoms with Crippen LogP contribution < -0.4 is 4.74 Å². The lowest BCUT2D eigenvalue weighted by Gasteiger charge is -2.03. The van der Waals surface area contributed by atoms with Gasteiger partial charge in [0, 0.05) is 12.4 Å². The van der Waals surface area contributed by atoms with Gasteiger partial charge >= 0.3 is 5.97 Å². The van der Waals surface area contributed by atoms with Crippen LogP contribution >= 0.6 is 0 Å². The van der Waals surface area contributed by atoms with Crippen molar-refractivity contribution >= 4 is 11.6 Å². The molecule has 1 N–H and O–H groups in total. The Morgan fingerprint density at radius 3 is 2.83 bits per heavy atom. The van der Waals surface area contributed by atoms with E-state index in [1.165, 1.54) is 30.0 Å². The fourth-order valence-corrected chi connectivity index (χ4v) is 1.92. The minimum absolute atomic E-state index is 0.0759. The summed E-state index contributed by atoms with van der Waals surface area (Å²) >= 11 is 0. The number of fused-ring (bicyclic) bond motifs is 1. The highest BCUT2D eigenvalue weighted by Crippen LogP contribution is 2.49. The molecule has 2 aromatic heterocycles. The Bertz CT molecular complexity index is 646. The number of halogens is 1. The molecule has 0 radical (unpaired) electrons. The van der Waals surface area contributed by atoms with Gasteiger partial charge < -0.3 is 14.2 Å². The van der Waals surface area contributed by atoms with Crippen LogP contribution in [-0.2, 0) is 5.67 Å². The third-order valence-electron chi connectivity index (χ3n) is 3.13. The molecule has 0 aliphatic heterocycles. The van der Waals surface area contributed by atoms with E-state index in [1.807, 2.05) is 0 Å². The molecular formula is C12H11FN2O3. The van der Waals surface area contributed by atoms with Crippen LogP contribution in [0.1, 0.15) is 28.9 Å². The van der Waals surface area contributed by atoms with Gasteiger partial charge in [0.2, 0.25) is 0 Å². The molecule has 2 heterocycles. The summed E-state index contributed by atoms with van der Waals surface area (Å²) in [6.07, 6.45) is 3.86. The first-order valence-electron chi connectivity index (χ1n) is 5.53. The van der Waals surface area contributed by atoms with Gasteiger partial charge in [0.25, 0.3) is 0 Å². The maximum atomic E-state index is 13.9. The minimum Gasteiger partial charge on any atom is -0.493 e. The van der Waals surface area contributed by atoms with Gasteiger partial charge in [-0.2, -0.15) is 0 Å². The van der Waals surface area contributed by atoms with Gasteiger partial charge in [-0.15, -0.1) is 0 Å². The first kappa shape index (κ1) is 11.0. The van der Waals surface area contributed by atoms with Crippen molar-refractivity contribution in [2.45, 2.75) is 18.5 Å². The second kappa shape index (κ2) is 3.44. The van der Waals surface area contributed by atoms with Gasteiger partial charge in [0.15, 0.2) is 17.1 Å². The highest BCUT2D eigenvalue weighted by Gasteiger charge is 2.47. The summed E-state index contributed by atoms with van der Waals surface area (Å²) in [5.74, 6) is -0.739. The number of hydrogen-bond acceptors (Lipinski definition) is 3. The normalized spacial score (nSPS) is 16.8. The average Bonchev–Trinajstić information content (AvgIpc) is 2.93. The van der Waals surface area contributed by atoms with E-state index in [0.29, 0.717) is 29.9 Å². The zero-order chi connectivity index (χ0) is 12.9. The van der Waals surface area contributed by atoms with E-state index in [1.54, 1.807) is 0 Å². The van der Waals surface area contributed by atoms with Crippen LogP contribution in [0.2, 0.25) is 0 Å². The largest absolute Gasteiger partial charge is 0.493 e. The van der Waals surface area contributed by atoms with Crippen LogP contribution in [0.5, 0.6) is 5.75 Å². The van der Waals surface area contributed by atoms with Crippen molar-refractivity contribution in [2.75, 3.05) is 7.11 Å². The first-order valence-corrected chi connectivity index (χ1v) is 5.53. The Labute approximate surface area is 102 Å². The van der Waals surface area contributed by atoms with E-state index in [9.17, 15) is 9.18 Å². The zero-order valence-corrected chi connectivity index (χ0v) is 9.68. The Morgan fingerprint density at radius 1 is 1.56 bits per heavy atom. The second-order valence-corrected chi connectivity index (χ2v) is 4.42. The zero-order valence-electron chi connectivity index (χ0n) is 9.68. The number of hydrogen-bond donors (Lipinski definition) is 1. The SMILES string of the molecule is COc1cc(C(=O)O)cn2cc(C3(F)CC3)nc12. The van der Waals surface area contributed by atoms with E-state index < -0.39 is 11.6 Å². The fourth-order valence-electron chi connectivity index (χ4n) is 1.92. The molecule has 0 spiro atoms. The van der Waals surface area contributed by atoms with Crippen LogP contribution in [0.3, 0.4) is 0 Å². The molecule has 0 unspecified atom stereocenters. The van der Waals surface area contributed by atoms with Crippen molar-refractivity contribution in [3.8, 4) is 5.75 Å². The molecule has 6 heteroatoms. The van der Waals surface area contributed by atoms with E-state index in [4.69, 9.17) is 9.84 Å². The second-order valence-electron chi connectivity index (χ2n) is 4.42. The summed E-state index contributed by atoms with van der Waals surface area (Å²) < 4.78 is 20.5. The number of carboxylic acid groups (broad SMARTS) is 1. The molecule has 0 atom stereocenters. The number of carbonyl (C=O) groups is 1. The Balaban J connectivity index is 2.22. The van der Waals surface area contributed by atoms with Crippen LogP contribution in [-0.4, -0.2) is 27.6 Å². The monoisotopic (exact) mass is 250 g/mol. The van der Waals surface area contributed by atoms with Crippen LogP contribution in [0.4, 0.5) is 4.39 Å². The molecule has 1 aliphatic carbocycles. The highest BCUT2D eigenvalue weighted by molar-refractivity contribution is 5.88. The van der Waals surface area contributed by atoms with E-state index in [-0.39, 0.29) is 5.56 Å². The Hall–Kier alpha value is -2.11. The molecule has 1 fully saturated rings. The maximum Gasteiger partial charge on any atom is 0.337 e. The van der Waals surface area contributed by atoms with Gasteiger partial charge in [0.05, 0.1) is 18.4 Å². The lowest BCUT2D eigenvalue weighted by Crippen LogP contribution is -2.00. The van der Waals surface area contributed by atoms with Crippen molar-refractivity contribution in [2.24, 2.45) is 0 Å². The smallest absolute Gasteiger partial charge is 0.337 e. The minimum atomic E-state index is -1.35. The summed E-state index contributed by atoms with van der Waals surface area (Å²) in [4.78, 5) is 15.2. The number of aromatic carboxylic acids is 1. The van der Waals surface area contributed by atoms with Crippen molar-refractivity contribution in [3.63, 3.8) is 0 Å². The number of nitrogens with zero attached hydrogens (tertiary/aromatic N) is 2. The lowest BCUT2D eigenvalue weighted by atomic mass is 10.3. The summed E-state index contributed by atoms with van der Waals surface area (Å²) in [5, 5.41) is 8.98. The van der Waals surface area contributed by atoms with Crippen LogP contribution in [0, 0.1) is 0 Å². The van der Waals surface area contributed by atoms with Crippen molar-refractivity contribution in [1.29, 1.82) is 0 Å². The number of methoxy groups -OCH3 is 1. The molecule has 0 saturated heterocycles. The molecule has 5 nitrogen and oxygen atoms in total. The number of carboxylic acids is 1. The van der Waals surface area contributed by atoms with Crippen LogP contribution in [0.15, 0.2) is 18.5 Å². The van der Waals surface area contributed by atoms with E-state index >= 15 is 0 Å². The average molecular weight is 250 g/mol. The lowest BCUT2D eigenvalue weighted by molar-refractivity contribution is 0.0696. The van der Waals surface area contributed by atoms with Crippen molar-refractivity contribution < 1.29 is 19.0 Å². The van der Waals surface area contributed by atoms with Crippen molar-refractivity contribution in [3.05, 3.63) is 29.7 Å². The Kier molecular flexibility index (Phi) is 2.10. The highest BCUT2D eigenvalue weighted by atomic mass is 19.1. The van der Waals surface area contributed by atoms with Gasteiger partial charge in [0.1, 0.15) is 0 Å².